The van der Waals surface area contributed by atoms with Crippen LogP contribution in [0.15, 0.2) is 47.4 Å². The van der Waals surface area contributed by atoms with Gasteiger partial charge in [0.15, 0.2) is 9.84 Å². The maximum absolute atomic E-state index is 14.8. The molecule has 1 N–H and O–H groups in total. The van der Waals surface area contributed by atoms with Gasteiger partial charge >= 0.3 is 24.0 Å². The molecule has 4 rings (SSSR count). The van der Waals surface area contributed by atoms with E-state index in [-0.39, 0.29) is 43.0 Å². The first-order valence-electron chi connectivity index (χ1n) is 11.9. The molecule has 1 fully saturated rings. The van der Waals surface area contributed by atoms with Gasteiger partial charge in [-0.15, -0.1) is 0 Å². The Morgan fingerprint density at radius 1 is 0.975 bits per heavy atom. The molecule has 1 amide bonds. The average Bonchev–Trinajstić information content (AvgIpc) is 3.27. The Kier molecular flexibility index (Phi) is 7.21. The molecule has 6 nitrogen and oxygen atoms in total. The number of carboxylic acids is 1. The standard InChI is InChI=1S/C25H21F8NO5S/c26-16-2-1-3-17(13-16)40(38,39)22-10-11-34(20(35)8-9-21(36)37)19(22)7-4-14-12-15(5-6-18(14)22)23(27,24(28,29)30)25(31,32)33/h1-3,5-6,12-13,19H,4,7-11H2,(H,36,37). The van der Waals surface area contributed by atoms with E-state index in [2.05, 4.69) is 0 Å². The molecule has 2 aliphatic rings. The predicted octanol–water partition coefficient (Wildman–Crippen LogP) is 5.20. The van der Waals surface area contributed by atoms with Crippen LogP contribution in [0.1, 0.15) is 42.4 Å². The first-order chi connectivity index (χ1) is 18.4. The summed E-state index contributed by atoms with van der Waals surface area (Å²) in [5, 5.41) is 8.94. The molecule has 40 heavy (non-hydrogen) atoms. The van der Waals surface area contributed by atoms with E-state index in [0.717, 1.165) is 23.1 Å². The van der Waals surface area contributed by atoms with Gasteiger partial charge in [0.1, 0.15) is 10.6 Å². The molecule has 1 heterocycles. The number of sulfone groups is 1. The lowest BCUT2D eigenvalue weighted by atomic mass is 9.76. The first kappa shape index (κ1) is 29.7. The van der Waals surface area contributed by atoms with E-state index in [9.17, 15) is 53.1 Å². The van der Waals surface area contributed by atoms with Crippen LogP contribution in [0.2, 0.25) is 0 Å². The van der Waals surface area contributed by atoms with Gasteiger partial charge in [-0.2, -0.15) is 26.3 Å². The highest BCUT2D eigenvalue weighted by Gasteiger charge is 2.73. The minimum Gasteiger partial charge on any atom is -0.481 e. The number of aliphatic carboxylic acids is 1. The molecule has 1 saturated heterocycles. The van der Waals surface area contributed by atoms with Crippen LogP contribution in [-0.4, -0.2) is 55.2 Å². The number of amides is 1. The number of nitrogens with zero attached hydrogens (tertiary/aromatic N) is 1. The van der Waals surface area contributed by atoms with Gasteiger partial charge in [0.05, 0.1) is 17.4 Å². The third-order valence-electron chi connectivity index (χ3n) is 7.52. The number of carboxylic acid groups (broad SMARTS) is 1. The Balaban J connectivity index is 1.93. The van der Waals surface area contributed by atoms with Gasteiger partial charge in [-0.05, 0) is 48.6 Å². The van der Waals surface area contributed by atoms with Gasteiger partial charge in [0.25, 0.3) is 0 Å². The molecule has 0 spiro atoms. The fourth-order valence-corrected chi connectivity index (χ4v) is 8.13. The zero-order valence-corrected chi connectivity index (χ0v) is 21.1. The fraction of sp³-hybridized carbons (Fsp3) is 0.440. The van der Waals surface area contributed by atoms with Crippen LogP contribution in [0.5, 0.6) is 0 Å². The quantitative estimate of drug-likeness (QED) is 0.462. The van der Waals surface area contributed by atoms with Crippen molar-refractivity contribution in [2.75, 3.05) is 6.54 Å². The van der Waals surface area contributed by atoms with Crippen molar-refractivity contribution in [1.29, 1.82) is 0 Å². The smallest absolute Gasteiger partial charge is 0.435 e. The monoisotopic (exact) mass is 599 g/mol. The summed E-state index contributed by atoms with van der Waals surface area (Å²) in [5.74, 6) is -2.96. The third-order valence-corrected chi connectivity index (χ3v) is 10.1. The molecule has 2 unspecified atom stereocenters. The molecule has 2 atom stereocenters. The molecule has 0 bridgehead atoms. The normalized spacial score (nSPS) is 21.6. The number of hydrogen-bond acceptors (Lipinski definition) is 4. The van der Waals surface area contributed by atoms with Gasteiger partial charge < -0.3 is 10.0 Å². The highest BCUT2D eigenvalue weighted by atomic mass is 32.2. The molecular weight excluding hydrogens is 578 g/mol. The van der Waals surface area contributed by atoms with Crippen LogP contribution in [0, 0.1) is 5.82 Å². The summed E-state index contributed by atoms with van der Waals surface area (Å²) in [7, 11) is -4.69. The van der Waals surface area contributed by atoms with E-state index in [1.807, 2.05) is 0 Å². The number of rotatable bonds is 6. The van der Waals surface area contributed by atoms with E-state index >= 15 is 0 Å². The zero-order chi connectivity index (χ0) is 29.9. The van der Waals surface area contributed by atoms with Crippen molar-refractivity contribution in [3.63, 3.8) is 0 Å². The largest absolute Gasteiger partial charge is 0.481 e. The molecule has 2 aromatic rings. The van der Waals surface area contributed by atoms with Crippen LogP contribution in [0.3, 0.4) is 0 Å². The van der Waals surface area contributed by atoms with Crippen molar-refractivity contribution in [2.24, 2.45) is 0 Å². The maximum Gasteiger partial charge on any atom is 0.435 e. The lowest BCUT2D eigenvalue weighted by molar-refractivity contribution is -0.348. The lowest BCUT2D eigenvalue weighted by Gasteiger charge is -2.43. The minimum absolute atomic E-state index is 0.222. The number of fused-ring (bicyclic) bond motifs is 3. The molecule has 1 aliphatic carbocycles. The lowest BCUT2D eigenvalue weighted by Crippen LogP contribution is -2.53. The predicted molar refractivity (Wildman–Crippen MR) is 122 cm³/mol. The number of alkyl halides is 7. The van der Waals surface area contributed by atoms with E-state index < -0.39 is 79.6 Å². The number of aryl methyl sites for hydroxylation is 1. The van der Waals surface area contributed by atoms with Crippen molar-refractivity contribution in [1.82, 2.24) is 4.90 Å². The number of halogens is 8. The molecule has 15 heteroatoms. The van der Waals surface area contributed by atoms with Crippen molar-refractivity contribution in [2.45, 2.75) is 65.8 Å². The highest BCUT2D eigenvalue weighted by molar-refractivity contribution is 7.92. The molecular formula is C25H21F8NO5S. The van der Waals surface area contributed by atoms with E-state index in [4.69, 9.17) is 5.11 Å². The van der Waals surface area contributed by atoms with Gasteiger partial charge in [0.2, 0.25) is 5.91 Å². The third kappa shape index (κ3) is 4.41. The van der Waals surface area contributed by atoms with Gasteiger partial charge in [-0.3, -0.25) is 9.59 Å². The highest BCUT2D eigenvalue weighted by Crippen LogP contribution is 2.56. The van der Waals surface area contributed by atoms with E-state index in [1.165, 1.54) is 0 Å². The molecule has 218 valence electrons. The van der Waals surface area contributed by atoms with E-state index in [0.29, 0.717) is 18.2 Å². The summed E-state index contributed by atoms with van der Waals surface area (Å²) in [6.45, 7) is -0.239. The SMILES string of the molecule is O=C(O)CCC(=O)N1CCC2(S(=O)(=O)c3cccc(F)c3)c3ccc(C(F)(C(F)(F)F)C(F)(F)F)cc3CCC12. The fourth-order valence-electron chi connectivity index (χ4n) is 5.73. The Bertz CT molecular complexity index is 1440. The maximum atomic E-state index is 14.8. The van der Waals surface area contributed by atoms with Crippen molar-refractivity contribution >= 4 is 21.7 Å². The first-order valence-corrected chi connectivity index (χ1v) is 13.3. The van der Waals surface area contributed by atoms with Gasteiger partial charge in [0, 0.05) is 18.5 Å². The number of likely N-dealkylation sites (tertiary alicyclic amines) is 1. The van der Waals surface area contributed by atoms with Crippen LogP contribution < -0.4 is 0 Å². The van der Waals surface area contributed by atoms with Crippen LogP contribution in [-0.2, 0) is 36.3 Å². The summed E-state index contributed by atoms with van der Waals surface area (Å²) in [6, 6.07) is 3.84. The number of carbonyl (C=O) groups is 2. The van der Waals surface area contributed by atoms with E-state index in [1.54, 1.807) is 0 Å². The summed E-state index contributed by atoms with van der Waals surface area (Å²) in [6.07, 6.45) is -14.8. The second-order valence-electron chi connectivity index (χ2n) is 9.66. The number of carbonyl (C=O) groups excluding carboxylic acids is 1. The second-order valence-corrected chi connectivity index (χ2v) is 11.9. The Hall–Kier alpha value is -3.23. The Labute approximate surface area is 222 Å². The number of benzene rings is 2. The van der Waals surface area contributed by atoms with Crippen molar-refractivity contribution in [3.8, 4) is 0 Å². The molecule has 0 radical (unpaired) electrons. The van der Waals surface area contributed by atoms with Crippen molar-refractivity contribution < 1.29 is 58.2 Å². The average molecular weight is 599 g/mol. The summed E-state index contributed by atoms with van der Waals surface area (Å²) >= 11 is 0. The summed E-state index contributed by atoms with van der Waals surface area (Å²) in [4.78, 5) is 24.4. The van der Waals surface area contributed by atoms with Gasteiger partial charge in [-0.1, -0.05) is 24.3 Å². The molecule has 2 aromatic carbocycles. The second kappa shape index (κ2) is 9.70. The Morgan fingerprint density at radius 2 is 1.62 bits per heavy atom. The van der Waals surface area contributed by atoms with Crippen LogP contribution >= 0.6 is 0 Å². The molecule has 0 aromatic heterocycles. The van der Waals surface area contributed by atoms with Gasteiger partial charge in [-0.25, -0.2) is 17.2 Å². The minimum atomic E-state index is -6.39. The summed E-state index contributed by atoms with van der Waals surface area (Å²) in [5.41, 5.74) is -8.06. The molecule has 1 aliphatic heterocycles. The van der Waals surface area contributed by atoms with Crippen molar-refractivity contribution in [3.05, 3.63) is 65.0 Å². The Morgan fingerprint density at radius 3 is 2.20 bits per heavy atom. The molecule has 0 saturated carbocycles. The summed E-state index contributed by atoms with van der Waals surface area (Å²) < 4.78 is 135. The zero-order valence-electron chi connectivity index (χ0n) is 20.3. The number of hydrogen-bond donors (Lipinski definition) is 1. The topological polar surface area (TPSA) is 91.8 Å². The van der Waals surface area contributed by atoms with Crippen LogP contribution in [0.25, 0.3) is 0 Å². The van der Waals surface area contributed by atoms with Crippen LogP contribution in [0.4, 0.5) is 35.1 Å².